The zero-order valence-corrected chi connectivity index (χ0v) is 18.8. The maximum absolute atomic E-state index is 13.0. The van der Waals surface area contributed by atoms with Crippen molar-refractivity contribution in [2.75, 3.05) is 12.4 Å². The molecule has 0 saturated heterocycles. The van der Waals surface area contributed by atoms with Gasteiger partial charge in [0, 0.05) is 5.69 Å². The number of nitrogens with one attached hydrogen (secondary N) is 3. The molecule has 2 unspecified atom stereocenters. The van der Waals surface area contributed by atoms with Crippen molar-refractivity contribution < 1.29 is 19.4 Å². The van der Waals surface area contributed by atoms with Gasteiger partial charge in [0.05, 0.1) is 7.11 Å². The monoisotopic (exact) mass is 439 g/mol. The van der Waals surface area contributed by atoms with Crippen LogP contribution in [0.5, 0.6) is 0 Å². The zero-order valence-electron chi connectivity index (χ0n) is 18.0. The second-order valence-corrected chi connectivity index (χ2v) is 8.34. The van der Waals surface area contributed by atoms with Gasteiger partial charge >= 0.3 is 5.97 Å². The van der Waals surface area contributed by atoms with Gasteiger partial charge in [0.2, 0.25) is 5.91 Å². The number of aliphatic hydroxyl groups is 1. The topological polar surface area (TPSA) is 99.7 Å². The highest BCUT2D eigenvalue weighted by atomic mass is 35.5. The average molecular weight is 440 g/mol. The van der Waals surface area contributed by atoms with E-state index in [0.717, 1.165) is 31.2 Å². The minimum absolute atomic E-state index is 0.155. The van der Waals surface area contributed by atoms with Crippen molar-refractivity contribution in [2.24, 2.45) is 5.92 Å². The van der Waals surface area contributed by atoms with E-state index in [1.165, 1.54) is 13.5 Å². The third-order valence-corrected chi connectivity index (χ3v) is 6.40. The number of hydrogen-bond acceptors (Lipinski definition) is 6. The number of carbonyl (C=O) groups excluding carboxylic acids is 2. The first-order valence-corrected chi connectivity index (χ1v) is 11.0. The minimum Gasteiger partial charge on any atom is -0.468 e. The van der Waals surface area contributed by atoms with Gasteiger partial charge in [-0.3, -0.25) is 14.9 Å². The summed E-state index contributed by atoms with van der Waals surface area (Å²) >= 11 is 6.00. The minimum atomic E-state index is -0.836. The highest BCUT2D eigenvalue weighted by molar-refractivity contribution is 6.16. The predicted molar refractivity (Wildman–Crippen MR) is 118 cm³/mol. The van der Waals surface area contributed by atoms with Gasteiger partial charge < -0.3 is 15.2 Å². The third kappa shape index (κ3) is 6.41. The second kappa shape index (κ2) is 11.6. The van der Waals surface area contributed by atoms with E-state index in [9.17, 15) is 14.7 Å². The summed E-state index contributed by atoms with van der Waals surface area (Å²) in [6, 6.07) is 6.64. The number of esters is 1. The molecule has 0 aromatic heterocycles. The number of methoxy groups -OCH3 is 1. The Kier molecular flexibility index (Phi) is 9.55. The Morgan fingerprint density at radius 2 is 1.87 bits per heavy atom. The van der Waals surface area contributed by atoms with Crippen LogP contribution < -0.4 is 15.5 Å². The summed E-state index contributed by atoms with van der Waals surface area (Å²) in [6.07, 6.45) is 5.45. The lowest BCUT2D eigenvalue weighted by molar-refractivity contribution is -0.144. The highest BCUT2D eigenvalue weighted by Gasteiger charge is 2.41. The molecule has 0 aliphatic heterocycles. The number of aliphatic hydroxyl groups excluding tert-OH is 1. The second-order valence-electron chi connectivity index (χ2n) is 8.15. The molecule has 0 bridgehead atoms. The van der Waals surface area contributed by atoms with Gasteiger partial charge in [0.15, 0.2) is 0 Å². The summed E-state index contributed by atoms with van der Waals surface area (Å²) in [5.74, 6) is -0.395. The quantitative estimate of drug-likeness (QED) is 0.254. The predicted octanol–water partition coefficient (Wildman–Crippen LogP) is 3.11. The Morgan fingerprint density at radius 3 is 2.40 bits per heavy atom. The number of carbonyl (C=O) groups is 2. The van der Waals surface area contributed by atoms with Crippen LogP contribution in [0, 0.1) is 5.92 Å². The maximum atomic E-state index is 13.0. The number of halogens is 1. The number of rotatable bonds is 10. The van der Waals surface area contributed by atoms with Gasteiger partial charge in [0.25, 0.3) is 0 Å². The Balaban J connectivity index is 2.03. The molecule has 30 heavy (non-hydrogen) atoms. The van der Waals surface area contributed by atoms with Crippen LogP contribution >= 0.6 is 11.8 Å². The molecule has 7 nitrogen and oxygen atoms in total. The van der Waals surface area contributed by atoms with Crippen molar-refractivity contribution in [1.29, 1.82) is 0 Å². The van der Waals surface area contributed by atoms with E-state index >= 15 is 0 Å². The van der Waals surface area contributed by atoms with E-state index in [0.29, 0.717) is 18.5 Å². The Morgan fingerprint density at radius 1 is 1.23 bits per heavy atom. The number of hydrogen-bond donors (Lipinski definition) is 4. The summed E-state index contributed by atoms with van der Waals surface area (Å²) < 4.78 is 4.82. The van der Waals surface area contributed by atoms with E-state index in [4.69, 9.17) is 16.5 Å². The summed E-state index contributed by atoms with van der Waals surface area (Å²) in [4.78, 5) is 27.7. The van der Waals surface area contributed by atoms with Crippen molar-refractivity contribution >= 4 is 29.3 Å². The fourth-order valence-corrected chi connectivity index (χ4v) is 4.15. The first-order valence-electron chi connectivity index (χ1n) is 10.6. The fraction of sp³-hybridized carbons (Fsp3) is 0.636. The van der Waals surface area contributed by atoms with Gasteiger partial charge in [-0.25, -0.2) is 4.84 Å². The molecular formula is C22H34ClN3O4. The Labute approximate surface area is 184 Å². The molecule has 1 aliphatic carbocycles. The summed E-state index contributed by atoms with van der Waals surface area (Å²) in [7, 11) is 1.32. The molecule has 1 aromatic rings. The lowest BCUT2D eigenvalue weighted by atomic mass is 9.75. The normalized spacial score (nSPS) is 18.8. The Bertz CT molecular complexity index is 694. The SMILES string of the molecule is CCC(O)N[C@H](Cc1ccc(NC(=O)C(C)(NCl)C2CCCCC2)cc1)C(=O)OC. The van der Waals surface area contributed by atoms with Crippen LogP contribution in [0.15, 0.2) is 24.3 Å². The summed E-state index contributed by atoms with van der Waals surface area (Å²) in [5.41, 5.74) is 0.704. The van der Waals surface area contributed by atoms with Gasteiger partial charge in [-0.1, -0.05) is 38.3 Å². The van der Waals surface area contributed by atoms with Crippen LogP contribution in [-0.4, -0.2) is 41.9 Å². The molecule has 168 valence electrons. The van der Waals surface area contributed by atoms with Crippen molar-refractivity contribution in [3.63, 3.8) is 0 Å². The average Bonchev–Trinajstić information content (AvgIpc) is 2.79. The molecule has 3 atom stereocenters. The largest absolute Gasteiger partial charge is 0.468 e. The van der Waals surface area contributed by atoms with Gasteiger partial charge in [-0.15, -0.1) is 0 Å². The molecule has 1 aliphatic rings. The van der Waals surface area contributed by atoms with Gasteiger partial charge in [-0.2, -0.15) is 0 Å². The molecule has 1 saturated carbocycles. The van der Waals surface area contributed by atoms with Gasteiger partial charge in [-0.05, 0) is 68.0 Å². The van der Waals surface area contributed by atoms with Crippen molar-refractivity contribution in [1.82, 2.24) is 10.2 Å². The van der Waals surface area contributed by atoms with Crippen molar-refractivity contribution in [2.45, 2.75) is 76.6 Å². The fourth-order valence-electron chi connectivity index (χ4n) is 3.91. The van der Waals surface area contributed by atoms with Crippen molar-refractivity contribution in [3.8, 4) is 0 Å². The van der Waals surface area contributed by atoms with E-state index in [1.54, 1.807) is 12.1 Å². The number of anilines is 1. The zero-order chi connectivity index (χ0) is 22.1. The molecular weight excluding hydrogens is 406 g/mol. The van der Waals surface area contributed by atoms with E-state index in [-0.39, 0.29) is 11.8 Å². The maximum Gasteiger partial charge on any atom is 0.323 e. The molecule has 2 rings (SSSR count). The standard InChI is InChI=1S/C22H34ClN3O4/c1-4-19(27)25-18(20(28)30-3)14-15-10-12-17(13-11-15)24-21(29)22(2,26-23)16-8-6-5-7-9-16/h10-13,16,18-19,25-27H,4-9,14H2,1-3H3,(H,24,29)/t18-,19?,22?/m1/s1. The molecule has 0 radical (unpaired) electrons. The van der Waals surface area contributed by atoms with Crippen LogP contribution in [0.4, 0.5) is 5.69 Å². The Hall–Kier alpha value is -1.67. The molecule has 0 heterocycles. The molecule has 0 spiro atoms. The van der Waals surface area contributed by atoms with Gasteiger partial charge in [0.1, 0.15) is 17.8 Å². The first-order chi connectivity index (χ1) is 14.3. The molecule has 1 aromatic carbocycles. The molecule has 8 heteroatoms. The lowest BCUT2D eigenvalue weighted by Crippen LogP contribution is -2.54. The van der Waals surface area contributed by atoms with Crippen molar-refractivity contribution in [3.05, 3.63) is 29.8 Å². The van der Waals surface area contributed by atoms with E-state index < -0.39 is 23.8 Å². The van der Waals surface area contributed by atoms with Crippen LogP contribution in [0.1, 0.15) is 57.9 Å². The summed E-state index contributed by atoms with van der Waals surface area (Å²) in [6.45, 7) is 3.67. The van der Waals surface area contributed by atoms with Crippen LogP contribution in [0.25, 0.3) is 0 Å². The molecule has 1 amide bonds. The molecule has 4 N–H and O–H groups in total. The smallest absolute Gasteiger partial charge is 0.323 e. The lowest BCUT2D eigenvalue weighted by Gasteiger charge is -2.37. The number of benzene rings is 1. The third-order valence-electron chi connectivity index (χ3n) is 6.01. The van der Waals surface area contributed by atoms with E-state index in [2.05, 4.69) is 15.5 Å². The number of ether oxygens (including phenoxy) is 1. The van der Waals surface area contributed by atoms with Crippen LogP contribution in [0.2, 0.25) is 0 Å². The number of amides is 1. The van der Waals surface area contributed by atoms with Crippen LogP contribution in [0.3, 0.4) is 0 Å². The summed E-state index contributed by atoms with van der Waals surface area (Å²) in [5, 5.41) is 15.6. The molecule has 1 fully saturated rings. The van der Waals surface area contributed by atoms with E-state index in [1.807, 2.05) is 26.0 Å². The van der Waals surface area contributed by atoms with Crippen LogP contribution in [-0.2, 0) is 20.7 Å². The first kappa shape index (κ1) is 24.6. The highest BCUT2D eigenvalue weighted by Crippen LogP contribution is 2.34.